The van der Waals surface area contributed by atoms with Gasteiger partial charge < -0.3 is 15.1 Å². The van der Waals surface area contributed by atoms with Gasteiger partial charge in [0, 0.05) is 24.8 Å². The number of aliphatic hydroxyl groups excluding tert-OH is 1. The molecule has 0 aliphatic carbocycles. The molecule has 0 radical (unpaired) electrons. The van der Waals surface area contributed by atoms with Crippen LogP contribution in [0.3, 0.4) is 0 Å². The molecular formula is C9H8N4O3. The average molecular weight is 220 g/mol. The van der Waals surface area contributed by atoms with Gasteiger partial charge in [0.05, 0.1) is 0 Å². The molecule has 0 unspecified atom stereocenters. The van der Waals surface area contributed by atoms with E-state index in [1.54, 1.807) is 0 Å². The monoisotopic (exact) mass is 220 g/mol. The molecule has 16 heavy (non-hydrogen) atoms. The third-order valence-corrected chi connectivity index (χ3v) is 1.96. The Bertz CT molecular complexity index is 443. The highest BCUT2D eigenvalue weighted by atomic mass is 16.3. The molecule has 0 atom stereocenters. The fourth-order valence-corrected chi connectivity index (χ4v) is 1.18. The van der Waals surface area contributed by atoms with Gasteiger partial charge in [0.2, 0.25) is 11.6 Å². The first kappa shape index (κ1) is 10.2. The molecule has 2 heterocycles. The van der Waals surface area contributed by atoms with Crippen LogP contribution in [0.1, 0.15) is 21.2 Å². The molecule has 0 amide bonds. The second kappa shape index (κ2) is 4.07. The number of Topliss-reactive ketones (excluding diaryl/α,β-unsaturated/α-hetero) is 2. The number of nitrogens with zero attached hydrogens (tertiary/aromatic N) is 2. The maximum absolute atomic E-state index is 11.5. The molecule has 0 bridgehead atoms. The van der Waals surface area contributed by atoms with E-state index in [0.29, 0.717) is 0 Å². The molecule has 0 aliphatic rings. The van der Waals surface area contributed by atoms with Crippen molar-refractivity contribution in [3.8, 4) is 0 Å². The van der Waals surface area contributed by atoms with Crippen molar-refractivity contribution in [3.63, 3.8) is 0 Å². The number of aromatic amines is 2. The van der Waals surface area contributed by atoms with E-state index in [2.05, 4.69) is 19.9 Å². The lowest BCUT2D eigenvalue weighted by atomic mass is 10.1. The molecule has 0 saturated heterocycles. The fraction of sp³-hybridized carbons (Fsp3) is 0.111. The van der Waals surface area contributed by atoms with Crippen molar-refractivity contribution in [2.24, 2.45) is 0 Å². The molecule has 7 heteroatoms. The number of imidazole rings is 2. The maximum atomic E-state index is 11.5. The molecule has 82 valence electrons. The van der Waals surface area contributed by atoms with E-state index in [1.807, 2.05) is 0 Å². The van der Waals surface area contributed by atoms with Crippen LogP contribution in [0.2, 0.25) is 0 Å². The Labute approximate surface area is 89.6 Å². The molecule has 2 aromatic rings. The van der Waals surface area contributed by atoms with E-state index >= 15 is 0 Å². The van der Waals surface area contributed by atoms with Crippen molar-refractivity contribution >= 4 is 11.6 Å². The van der Waals surface area contributed by atoms with Gasteiger partial charge in [-0.1, -0.05) is 0 Å². The lowest BCUT2D eigenvalue weighted by Crippen LogP contribution is -2.31. The number of hydrogen-bond acceptors (Lipinski definition) is 5. The highest BCUT2D eigenvalue weighted by molar-refractivity contribution is 6.15. The number of H-pyrrole nitrogens is 2. The van der Waals surface area contributed by atoms with Crippen molar-refractivity contribution < 1.29 is 14.7 Å². The highest BCUT2D eigenvalue weighted by Gasteiger charge is 2.28. The Kier molecular flexibility index (Phi) is 2.61. The Morgan fingerprint density at radius 2 is 1.50 bits per heavy atom. The number of aromatic nitrogens is 4. The molecule has 0 spiro atoms. The normalized spacial score (nSPS) is 10.6. The Morgan fingerprint density at radius 3 is 1.81 bits per heavy atom. The first-order chi connectivity index (χ1) is 7.70. The summed E-state index contributed by atoms with van der Waals surface area (Å²) < 4.78 is 0. The molecule has 7 nitrogen and oxygen atoms in total. The van der Waals surface area contributed by atoms with Crippen molar-refractivity contribution in [2.75, 3.05) is 0 Å². The number of hydrogen-bond donors (Lipinski definition) is 3. The Balaban J connectivity index is 2.17. The second-order valence-corrected chi connectivity index (χ2v) is 3.01. The topological polar surface area (TPSA) is 112 Å². The maximum Gasteiger partial charge on any atom is 0.234 e. The van der Waals surface area contributed by atoms with Gasteiger partial charge in [-0.3, -0.25) is 9.59 Å². The van der Waals surface area contributed by atoms with E-state index in [9.17, 15) is 14.7 Å². The molecule has 2 rings (SSSR count). The first-order valence-corrected chi connectivity index (χ1v) is 4.45. The van der Waals surface area contributed by atoms with Gasteiger partial charge in [0.25, 0.3) is 0 Å². The Morgan fingerprint density at radius 1 is 1.06 bits per heavy atom. The SMILES string of the molecule is O=C(c1ncc[nH]1)C(O)C(=O)c1ncc[nH]1. The van der Waals surface area contributed by atoms with Gasteiger partial charge in [-0.25, -0.2) is 9.97 Å². The first-order valence-electron chi connectivity index (χ1n) is 4.45. The average Bonchev–Trinajstić information content (AvgIpc) is 2.97. The molecule has 0 aliphatic heterocycles. The molecule has 3 N–H and O–H groups in total. The van der Waals surface area contributed by atoms with Crippen molar-refractivity contribution in [1.82, 2.24) is 19.9 Å². The van der Waals surface area contributed by atoms with Crippen LogP contribution in [-0.4, -0.2) is 42.7 Å². The minimum absolute atomic E-state index is 0.0626. The lowest BCUT2D eigenvalue weighted by molar-refractivity contribution is 0.0615. The van der Waals surface area contributed by atoms with E-state index in [1.165, 1.54) is 24.8 Å². The number of ketones is 2. The van der Waals surface area contributed by atoms with Gasteiger partial charge in [-0.15, -0.1) is 0 Å². The van der Waals surface area contributed by atoms with E-state index < -0.39 is 17.7 Å². The van der Waals surface area contributed by atoms with Crippen molar-refractivity contribution in [3.05, 3.63) is 36.4 Å². The Hall–Kier alpha value is -2.28. The number of aliphatic hydroxyl groups is 1. The summed E-state index contributed by atoms with van der Waals surface area (Å²) in [7, 11) is 0. The standard InChI is InChI=1S/C9H8N4O3/c14-5(6(15)8-10-1-2-11-8)7(16)9-12-3-4-13-9/h1-5,14H,(H,10,11)(H,12,13). The van der Waals surface area contributed by atoms with Crippen molar-refractivity contribution in [2.45, 2.75) is 6.10 Å². The van der Waals surface area contributed by atoms with Crippen LogP contribution in [0.5, 0.6) is 0 Å². The molecule has 2 aromatic heterocycles. The van der Waals surface area contributed by atoms with Crippen LogP contribution >= 0.6 is 0 Å². The van der Waals surface area contributed by atoms with Gasteiger partial charge in [0.1, 0.15) is 0 Å². The summed E-state index contributed by atoms with van der Waals surface area (Å²) >= 11 is 0. The van der Waals surface area contributed by atoms with Crippen LogP contribution in [0.25, 0.3) is 0 Å². The minimum atomic E-state index is -1.79. The molecule has 0 fully saturated rings. The summed E-state index contributed by atoms with van der Waals surface area (Å²) in [6, 6.07) is 0. The van der Waals surface area contributed by atoms with Crippen LogP contribution in [0.4, 0.5) is 0 Å². The second-order valence-electron chi connectivity index (χ2n) is 3.01. The number of carbonyl (C=O) groups excluding carboxylic acids is 2. The zero-order valence-corrected chi connectivity index (χ0v) is 8.04. The van der Waals surface area contributed by atoms with Gasteiger partial charge >= 0.3 is 0 Å². The summed E-state index contributed by atoms with van der Waals surface area (Å²) in [6.07, 6.45) is 3.78. The zero-order valence-electron chi connectivity index (χ0n) is 8.04. The van der Waals surface area contributed by atoms with Crippen LogP contribution in [0.15, 0.2) is 24.8 Å². The van der Waals surface area contributed by atoms with E-state index in [4.69, 9.17) is 0 Å². The van der Waals surface area contributed by atoms with E-state index in [0.717, 1.165) is 0 Å². The number of rotatable bonds is 4. The van der Waals surface area contributed by atoms with Gasteiger partial charge in [-0.2, -0.15) is 0 Å². The molecular weight excluding hydrogens is 212 g/mol. The number of nitrogens with one attached hydrogen (secondary N) is 2. The minimum Gasteiger partial charge on any atom is -0.377 e. The zero-order chi connectivity index (χ0) is 11.5. The van der Waals surface area contributed by atoms with Gasteiger partial charge in [0.15, 0.2) is 17.8 Å². The van der Waals surface area contributed by atoms with Crippen LogP contribution in [0, 0.1) is 0 Å². The van der Waals surface area contributed by atoms with Crippen molar-refractivity contribution in [1.29, 1.82) is 0 Å². The summed E-state index contributed by atoms with van der Waals surface area (Å²) in [5.41, 5.74) is 0. The van der Waals surface area contributed by atoms with Crippen LogP contribution in [-0.2, 0) is 0 Å². The molecule has 0 saturated carbocycles. The van der Waals surface area contributed by atoms with E-state index in [-0.39, 0.29) is 11.6 Å². The predicted molar refractivity (Wildman–Crippen MR) is 51.8 cm³/mol. The third kappa shape index (κ3) is 1.75. The fourth-order valence-electron chi connectivity index (χ4n) is 1.18. The van der Waals surface area contributed by atoms with Gasteiger partial charge in [-0.05, 0) is 0 Å². The number of carbonyl (C=O) groups is 2. The predicted octanol–water partition coefficient (Wildman–Crippen LogP) is -0.441. The largest absolute Gasteiger partial charge is 0.377 e. The summed E-state index contributed by atoms with van der Waals surface area (Å²) in [6.45, 7) is 0. The summed E-state index contributed by atoms with van der Waals surface area (Å²) in [5, 5.41) is 9.51. The highest BCUT2D eigenvalue weighted by Crippen LogP contribution is 2.03. The summed E-state index contributed by atoms with van der Waals surface area (Å²) in [5.74, 6) is -1.70. The quantitative estimate of drug-likeness (QED) is 0.477. The lowest BCUT2D eigenvalue weighted by Gasteiger charge is -2.04. The summed E-state index contributed by atoms with van der Waals surface area (Å²) in [4.78, 5) is 35.4. The van der Waals surface area contributed by atoms with Crippen LogP contribution < -0.4 is 0 Å². The smallest absolute Gasteiger partial charge is 0.234 e. The third-order valence-electron chi connectivity index (χ3n) is 1.96. The molecule has 0 aromatic carbocycles.